The Labute approximate surface area is 151 Å². The number of amides is 2. The number of ether oxygens (including phenoxy) is 1. The first-order chi connectivity index (χ1) is 12.5. The van der Waals surface area contributed by atoms with Gasteiger partial charge in [-0.2, -0.15) is 0 Å². The van der Waals surface area contributed by atoms with E-state index in [2.05, 4.69) is 0 Å². The summed E-state index contributed by atoms with van der Waals surface area (Å²) in [5.41, 5.74) is 3.54. The zero-order valence-corrected chi connectivity index (χ0v) is 14.5. The van der Waals surface area contributed by atoms with Gasteiger partial charge in [-0.25, -0.2) is 4.90 Å². The van der Waals surface area contributed by atoms with Gasteiger partial charge in [0.15, 0.2) is 0 Å². The molecule has 0 aliphatic carbocycles. The highest BCUT2D eigenvalue weighted by atomic mass is 16.5. The van der Waals surface area contributed by atoms with Crippen LogP contribution in [0, 0.1) is 13.8 Å². The van der Waals surface area contributed by atoms with Gasteiger partial charge in [0.2, 0.25) is 0 Å². The molecule has 0 unspecified atom stereocenters. The number of benzene rings is 3. The first kappa shape index (κ1) is 16.1. The van der Waals surface area contributed by atoms with Crippen LogP contribution in [0.25, 0.3) is 0 Å². The lowest BCUT2D eigenvalue weighted by atomic mass is 10.1. The topological polar surface area (TPSA) is 46.6 Å². The highest BCUT2D eigenvalue weighted by Gasteiger charge is 2.36. The summed E-state index contributed by atoms with van der Waals surface area (Å²) in [6.45, 7) is 3.92. The molecule has 0 radical (unpaired) electrons. The fraction of sp³-hybridized carbons (Fsp3) is 0.0909. The Balaban J connectivity index is 1.58. The predicted octanol–water partition coefficient (Wildman–Crippen LogP) is 4.90. The Morgan fingerprint density at radius 3 is 1.85 bits per heavy atom. The lowest BCUT2D eigenvalue weighted by Crippen LogP contribution is -2.29. The van der Waals surface area contributed by atoms with Crippen LogP contribution in [-0.2, 0) is 0 Å². The van der Waals surface area contributed by atoms with Crippen LogP contribution in [0.4, 0.5) is 5.69 Å². The molecule has 1 aliphatic heterocycles. The molecule has 0 saturated carbocycles. The van der Waals surface area contributed by atoms with Gasteiger partial charge < -0.3 is 4.74 Å². The van der Waals surface area contributed by atoms with Crippen molar-refractivity contribution in [2.75, 3.05) is 4.90 Å². The number of carbonyl (C=O) groups is 2. The molecule has 26 heavy (non-hydrogen) atoms. The van der Waals surface area contributed by atoms with Crippen LogP contribution in [0.15, 0.2) is 66.7 Å². The second kappa shape index (κ2) is 6.15. The van der Waals surface area contributed by atoms with Crippen LogP contribution in [0.2, 0.25) is 0 Å². The molecule has 0 N–H and O–H groups in total. The van der Waals surface area contributed by atoms with Gasteiger partial charge in [0.05, 0.1) is 16.8 Å². The lowest BCUT2D eigenvalue weighted by Gasteiger charge is -2.14. The van der Waals surface area contributed by atoms with Crippen molar-refractivity contribution < 1.29 is 14.3 Å². The molecule has 1 aliphatic rings. The summed E-state index contributed by atoms with van der Waals surface area (Å²) < 4.78 is 5.79. The standard InChI is InChI=1S/C22H17NO3/c1-14-3-8-17(9-4-14)26-18-10-6-16(7-11-18)23-21(24)19-12-5-15(2)13-20(19)22(23)25/h3-13H,1-2H3. The Morgan fingerprint density at radius 2 is 1.19 bits per heavy atom. The monoisotopic (exact) mass is 343 g/mol. The summed E-state index contributed by atoms with van der Waals surface area (Å²) in [6.07, 6.45) is 0. The summed E-state index contributed by atoms with van der Waals surface area (Å²) in [5.74, 6) is 0.794. The molecule has 0 spiro atoms. The van der Waals surface area contributed by atoms with E-state index in [4.69, 9.17) is 4.74 Å². The summed E-state index contributed by atoms with van der Waals surface area (Å²) in [7, 11) is 0. The van der Waals surface area contributed by atoms with Gasteiger partial charge in [-0.15, -0.1) is 0 Å². The normalized spacial score (nSPS) is 13.1. The van der Waals surface area contributed by atoms with E-state index in [1.54, 1.807) is 36.4 Å². The van der Waals surface area contributed by atoms with E-state index in [1.165, 1.54) is 4.90 Å². The van der Waals surface area contributed by atoms with Crippen LogP contribution < -0.4 is 9.64 Å². The van der Waals surface area contributed by atoms with E-state index < -0.39 is 0 Å². The van der Waals surface area contributed by atoms with E-state index in [9.17, 15) is 9.59 Å². The maximum absolute atomic E-state index is 12.6. The first-order valence-corrected chi connectivity index (χ1v) is 8.37. The van der Waals surface area contributed by atoms with Gasteiger partial charge in [-0.1, -0.05) is 29.3 Å². The molecule has 3 aromatic carbocycles. The molecule has 3 aromatic rings. The molecule has 0 fully saturated rings. The quantitative estimate of drug-likeness (QED) is 0.636. The van der Waals surface area contributed by atoms with Gasteiger partial charge >= 0.3 is 0 Å². The summed E-state index contributed by atoms with van der Waals surface area (Å²) >= 11 is 0. The maximum Gasteiger partial charge on any atom is 0.266 e. The molecule has 0 aromatic heterocycles. The molecule has 4 heteroatoms. The van der Waals surface area contributed by atoms with E-state index in [0.717, 1.165) is 16.9 Å². The minimum absolute atomic E-state index is 0.291. The molecular weight excluding hydrogens is 326 g/mol. The molecule has 1 heterocycles. The largest absolute Gasteiger partial charge is 0.457 e. The van der Waals surface area contributed by atoms with Gasteiger partial charge in [-0.3, -0.25) is 9.59 Å². The van der Waals surface area contributed by atoms with E-state index in [-0.39, 0.29) is 11.8 Å². The van der Waals surface area contributed by atoms with Crippen molar-refractivity contribution in [1.82, 2.24) is 0 Å². The number of imide groups is 1. The SMILES string of the molecule is Cc1ccc(Oc2ccc(N3C(=O)c4ccc(C)cc4C3=O)cc2)cc1. The minimum atomic E-state index is -0.294. The Kier molecular flexibility index (Phi) is 3.81. The van der Waals surface area contributed by atoms with E-state index in [0.29, 0.717) is 22.6 Å². The number of nitrogens with zero attached hydrogens (tertiary/aromatic N) is 1. The molecular formula is C22H17NO3. The van der Waals surface area contributed by atoms with Crippen molar-refractivity contribution in [2.24, 2.45) is 0 Å². The average molecular weight is 343 g/mol. The number of rotatable bonds is 3. The summed E-state index contributed by atoms with van der Waals surface area (Å²) in [4.78, 5) is 26.5. The number of fused-ring (bicyclic) bond motifs is 1. The molecule has 128 valence electrons. The van der Waals surface area contributed by atoms with Crippen molar-refractivity contribution in [3.05, 3.63) is 89.0 Å². The Morgan fingerprint density at radius 1 is 0.654 bits per heavy atom. The zero-order chi connectivity index (χ0) is 18.3. The number of aryl methyl sites for hydroxylation is 2. The second-order valence-corrected chi connectivity index (χ2v) is 6.40. The number of carbonyl (C=O) groups excluding carboxylic acids is 2. The van der Waals surface area contributed by atoms with Crippen LogP contribution in [0.1, 0.15) is 31.8 Å². The third-order valence-electron chi connectivity index (χ3n) is 4.39. The van der Waals surface area contributed by atoms with Gasteiger partial charge in [-0.05, 0) is 62.4 Å². The molecule has 4 rings (SSSR count). The van der Waals surface area contributed by atoms with Crippen molar-refractivity contribution in [3.8, 4) is 11.5 Å². The van der Waals surface area contributed by atoms with Crippen molar-refractivity contribution in [2.45, 2.75) is 13.8 Å². The smallest absolute Gasteiger partial charge is 0.266 e. The fourth-order valence-electron chi connectivity index (χ4n) is 2.99. The highest BCUT2D eigenvalue weighted by molar-refractivity contribution is 6.34. The number of hydrogen-bond donors (Lipinski definition) is 0. The molecule has 2 amide bonds. The van der Waals surface area contributed by atoms with Crippen molar-refractivity contribution >= 4 is 17.5 Å². The number of hydrogen-bond acceptors (Lipinski definition) is 3. The van der Waals surface area contributed by atoms with Gasteiger partial charge in [0.25, 0.3) is 11.8 Å². The minimum Gasteiger partial charge on any atom is -0.457 e. The van der Waals surface area contributed by atoms with Crippen LogP contribution in [-0.4, -0.2) is 11.8 Å². The molecule has 0 saturated heterocycles. The third-order valence-corrected chi connectivity index (χ3v) is 4.39. The third kappa shape index (κ3) is 2.75. The van der Waals surface area contributed by atoms with Crippen molar-refractivity contribution in [1.29, 1.82) is 0 Å². The van der Waals surface area contributed by atoms with Crippen LogP contribution in [0.5, 0.6) is 11.5 Å². The highest BCUT2D eigenvalue weighted by Crippen LogP contribution is 2.31. The second-order valence-electron chi connectivity index (χ2n) is 6.40. The van der Waals surface area contributed by atoms with Crippen LogP contribution in [0.3, 0.4) is 0 Å². The maximum atomic E-state index is 12.6. The predicted molar refractivity (Wildman–Crippen MR) is 100 cm³/mol. The van der Waals surface area contributed by atoms with E-state index >= 15 is 0 Å². The van der Waals surface area contributed by atoms with E-state index in [1.807, 2.05) is 44.2 Å². The molecule has 0 bridgehead atoms. The van der Waals surface area contributed by atoms with Crippen molar-refractivity contribution in [3.63, 3.8) is 0 Å². The lowest BCUT2D eigenvalue weighted by molar-refractivity contribution is 0.0926. The fourth-order valence-corrected chi connectivity index (χ4v) is 2.99. The zero-order valence-electron chi connectivity index (χ0n) is 14.5. The van der Waals surface area contributed by atoms with Gasteiger partial charge in [0.1, 0.15) is 11.5 Å². The Hall–Kier alpha value is -3.40. The summed E-state index contributed by atoms with van der Waals surface area (Å²) in [6, 6.07) is 20.0. The first-order valence-electron chi connectivity index (χ1n) is 8.37. The molecule has 4 nitrogen and oxygen atoms in total. The average Bonchev–Trinajstić information content (AvgIpc) is 2.88. The summed E-state index contributed by atoms with van der Waals surface area (Å²) in [5, 5.41) is 0. The number of anilines is 1. The Bertz CT molecular complexity index is 1000. The van der Waals surface area contributed by atoms with Crippen LogP contribution >= 0.6 is 0 Å². The molecule has 0 atom stereocenters. The van der Waals surface area contributed by atoms with Gasteiger partial charge in [0, 0.05) is 0 Å².